The molecule has 6 heteroatoms. The minimum absolute atomic E-state index is 0.146. The maximum Gasteiger partial charge on any atom is 0.344 e. The van der Waals surface area contributed by atoms with E-state index >= 15 is 0 Å². The average molecular weight is 321 g/mol. The number of benzene rings is 1. The molecular weight excluding hydrogens is 298 g/mol. The largest absolute Gasteiger partial charge is 0.490 e. The van der Waals surface area contributed by atoms with Crippen LogP contribution in [0.25, 0.3) is 0 Å². The maximum atomic E-state index is 11.9. The highest BCUT2D eigenvalue weighted by molar-refractivity contribution is 5.81. The highest BCUT2D eigenvalue weighted by atomic mass is 16.6. The predicted molar refractivity (Wildman–Crippen MR) is 84.5 cm³/mol. The van der Waals surface area contributed by atoms with Gasteiger partial charge in [0.1, 0.15) is 0 Å². The van der Waals surface area contributed by atoms with Crippen molar-refractivity contribution >= 4 is 11.9 Å². The van der Waals surface area contributed by atoms with Gasteiger partial charge in [-0.2, -0.15) is 0 Å². The minimum Gasteiger partial charge on any atom is -0.490 e. The number of likely N-dealkylation sites (tertiary alicyclic amines) is 1. The summed E-state index contributed by atoms with van der Waals surface area (Å²) in [5, 5.41) is 0. The van der Waals surface area contributed by atoms with Crippen LogP contribution in [0.4, 0.5) is 0 Å². The number of carbonyl (C=O) groups excluding carboxylic acids is 2. The monoisotopic (exact) mass is 321 g/mol. The van der Waals surface area contributed by atoms with Gasteiger partial charge in [-0.3, -0.25) is 4.79 Å². The van der Waals surface area contributed by atoms with Crippen molar-refractivity contribution in [3.63, 3.8) is 0 Å². The molecule has 126 valence electrons. The first-order valence-electron chi connectivity index (χ1n) is 7.98. The molecule has 1 aliphatic heterocycles. The van der Waals surface area contributed by atoms with Gasteiger partial charge in [-0.25, -0.2) is 4.79 Å². The van der Waals surface area contributed by atoms with Crippen molar-refractivity contribution in [3.05, 3.63) is 24.3 Å². The Bertz CT molecular complexity index is 525. The number of esters is 1. The second-order valence-electron chi connectivity index (χ2n) is 5.27. The molecule has 1 amide bonds. The van der Waals surface area contributed by atoms with Crippen molar-refractivity contribution in [1.82, 2.24) is 4.90 Å². The molecule has 6 nitrogen and oxygen atoms in total. The number of ether oxygens (including phenoxy) is 3. The molecule has 0 aromatic heterocycles. The van der Waals surface area contributed by atoms with Gasteiger partial charge in [0.25, 0.3) is 5.91 Å². The Labute approximate surface area is 136 Å². The molecule has 0 atom stereocenters. The molecule has 1 aliphatic rings. The zero-order chi connectivity index (χ0) is 16.5. The van der Waals surface area contributed by atoms with E-state index in [0.717, 1.165) is 32.4 Å². The Morgan fingerprint density at radius 2 is 1.65 bits per heavy atom. The number of hydrogen-bond acceptors (Lipinski definition) is 5. The SMILES string of the molecule is CCOc1ccccc1OCC(=O)OCC(=O)N1CCCCC1. The van der Waals surface area contributed by atoms with Crippen molar-refractivity contribution in [2.45, 2.75) is 26.2 Å². The number of carbonyl (C=O) groups is 2. The zero-order valence-corrected chi connectivity index (χ0v) is 13.5. The van der Waals surface area contributed by atoms with Gasteiger partial charge in [0.2, 0.25) is 0 Å². The second kappa shape index (κ2) is 9.02. The predicted octanol–water partition coefficient (Wildman–Crippen LogP) is 2.02. The van der Waals surface area contributed by atoms with Crippen LogP contribution in [-0.2, 0) is 14.3 Å². The molecule has 1 aromatic rings. The number of hydrogen-bond donors (Lipinski definition) is 0. The van der Waals surface area contributed by atoms with E-state index < -0.39 is 5.97 Å². The van der Waals surface area contributed by atoms with E-state index in [-0.39, 0.29) is 19.1 Å². The van der Waals surface area contributed by atoms with E-state index in [1.165, 1.54) is 0 Å². The van der Waals surface area contributed by atoms with Crippen LogP contribution in [0.2, 0.25) is 0 Å². The molecule has 1 heterocycles. The Kier molecular flexibility index (Phi) is 6.72. The number of nitrogens with zero attached hydrogens (tertiary/aromatic N) is 1. The van der Waals surface area contributed by atoms with Crippen molar-refractivity contribution in [2.75, 3.05) is 32.9 Å². The van der Waals surface area contributed by atoms with Crippen LogP contribution in [0.15, 0.2) is 24.3 Å². The van der Waals surface area contributed by atoms with Gasteiger partial charge in [0.05, 0.1) is 6.61 Å². The summed E-state index contributed by atoms with van der Waals surface area (Å²) in [6.07, 6.45) is 3.17. The van der Waals surface area contributed by atoms with E-state index in [0.29, 0.717) is 18.1 Å². The summed E-state index contributed by atoms with van der Waals surface area (Å²) in [6, 6.07) is 7.11. The molecule has 1 saturated heterocycles. The lowest BCUT2D eigenvalue weighted by Crippen LogP contribution is -2.38. The molecule has 1 fully saturated rings. The van der Waals surface area contributed by atoms with Crippen LogP contribution in [0, 0.1) is 0 Å². The summed E-state index contributed by atoms with van der Waals surface area (Å²) in [4.78, 5) is 25.4. The van der Waals surface area contributed by atoms with E-state index in [1.807, 2.05) is 13.0 Å². The molecule has 0 radical (unpaired) electrons. The molecule has 0 bridgehead atoms. The zero-order valence-electron chi connectivity index (χ0n) is 13.5. The maximum absolute atomic E-state index is 11.9. The quantitative estimate of drug-likeness (QED) is 0.719. The Morgan fingerprint density at radius 3 is 2.30 bits per heavy atom. The van der Waals surface area contributed by atoms with Crippen LogP contribution in [0.3, 0.4) is 0 Å². The minimum atomic E-state index is -0.568. The first-order valence-corrected chi connectivity index (χ1v) is 7.98. The van der Waals surface area contributed by atoms with Gasteiger partial charge in [-0.05, 0) is 38.3 Å². The lowest BCUT2D eigenvalue weighted by atomic mass is 10.1. The smallest absolute Gasteiger partial charge is 0.344 e. The third-order valence-electron chi connectivity index (χ3n) is 3.56. The van der Waals surface area contributed by atoms with Gasteiger partial charge in [-0.1, -0.05) is 12.1 Å². The standard InChI is InChI=1S/C17H23NO5/c1-2-21-14-8-4-5-9-15(14)22-13-17(20)23-12-16(19)18-10-6-3-7-11-18/h4-5,8-9H,2-3,6-7,10-13H2,1H3. The molecular formula is C17H23NO5. The average Bonchev–Trinajstić information content (AvgIpc) is 2.60. The Balaban J connectivity index is 1.73. The Hall–Kier alpha value is -2.24. The van der Waals surface area contributed by atoms with Gasteiger partial charge in [0.15, 0.2) is 24.7 Å². The second-order valence-corrected chi connectivity index (χ2v) is 5.27. The van der Waals surface area contributed by atoms with Crippen LogP contribution >= 0.6 is 0 Å². The van der Waals surface area contributed by atoms with Gasteiger partial charge < -0.3 is 19.1 Å². The topological polar surface area (TPSA) is 65.1 Å². The summed E-state index contributed by atoms with van der Waals surface area (Å²) >= 11 is 0. The molecule has 0 saturated carbocycles. The van der Waals surface area contributed by atoms with Crippen molar-refractivity contribution in [2.24, 2.45) is 0 Å². The summed E-state index contributed by atoms with van der Waals surface area (Å²) in [6.45, 7) is 3.39. The fourth-order valence-corrected chi connectivity index (χ4v) is 2.40. The number of para-hydroxylation sites is 2. The summed E-state index contributed by atoms with van der Waals surface area (Å²) in [5.41, 5.74) is 0. The van der Waals surface area contributed by atoms with E-state index in [4.69, 9.17) is 14.2 Å². The van der Waals surface area contributed by atoms with Crippen LogP contribution < -0.4 is 9.47 Å². The molecule has 0 aliphatic carbocycles. The highest BCUT2D eigenvalue weighted by Crippen LogP contribution is 2.26. The van der Waals surface area contributed by atoms with Gasteiger partial charge >= 0.3 is 5.97 Å². The lowest BCUT2D eigenvalue weighted by Gasteiger charge is -2.26. The van der Waals surface area contributed by atoms with Crippen molar-refractivity contribution in [1.29, 1.82) is 0 Å². The first kappa shape index (κ1) is 17.1. The van der Waals surface area contributed by atoms with Crippen LogP contribution in [-0.4, -0.2) is 49.7 Å². The van der Waals surface area contributed by atoms with Gasteiger partial charge in [-0.15, -0.1) is 0 Å². The fourth-order valence-electron chi connectivity index (χ4n) is 2.40. The molecule has 0 N–H and O–H groups in total. The van der Waals surface area contributed by atoms with Crippen LogP contribution in [0.5, 0.6) is 11.5 Å². The van der Waals surface area contributed by atoms with Crippen molar-refractivity contribution in [3.8, 4) is 11.5 Å². The summed E-state index contributed by atoms with van der Waals surface area (Å²) in [7, 11) is 0. The third kappa shape index (κ3) is 5.47. The Morgan fingerprint density at radius 1 is 1.00 bits per heavy atom. The third-order valence-corrected chi connectivity index (χ3v) is 3.56. The molecule has 23 heavy (non-hydrogen) atoms. The van der Waals surface area contributed by atoms with E-state index in [9.17, 15) is 9.59 Å². The summed E-state index contributed by atoms with van der Waals surface area (Å²) < 4.78 is 15.8. The van der Waals surface area contributed by atoms with Gasteiger partial charge in [0, 0.05) is 13.1 Å². The van der Waals surface area contributed by atoms with Crippen molar-refractivity contribution < 1.29 is 23.8 Å². The summed E-state index contributed by atoms with van der Waals surface area (Å²) in [5.74, 6) is 0.343. The number of rotatable bonds is 7. The molecule has 1 aromatic carbocycles. The normalized spacial score (nSPS) is 14.2. The van der Waals surface area contributed by atoms with E-state index in [1.54, 1.807) is 23.1 Å². The first-order chi connectivity index (χ1) is 11.2. The number of amides is 1. The fraction of sp³-hybridized carbons (Fsp3) is 0.529. The molecule has 2 rings (SSSR count). The molecule has 0 spiro atoms. The molecule has 0 unspecified atom stereocenters. The highest BCUT2D eigenvalue weighted by Gasteiger charge is 2.18. The van der Waals surface area contributed by atoms with Crippen LogP contribution in [0.1, 0.15) is 26.2 Å². The number of piperidine rings is 1. The lowest BCUT2D eigenvalue weighted by molar-refractivity contribution is -0.154. The van der Waals surface area contributed by atoms with E-state index in [2.05, 4.69) is 0 Å².